The molecule has 0 atom stereocenters. The molecule has 5 heteroatoms. The number of halogens is 1. The minimum Gasteiger partial charge on any atom is -0.496 e. The summed E-state index contributed by atoms with van der Waals surface area (Å²) in [6, 6.07) is 14.1. The summed E-state index contributed by atoms with van der Waals surface area (Å²) in [5, 5.41) is 0.750. The second-order valence-corrected chi connectivity index (χ2v) is 6.56. The highest BCUT2D eigenvalue weighted by Gasteiger charge is 2.20. The van der Waals surface area contributed by atoms with Gasteiger partial charge in [0, 0.05) is 43.3 Å². The number of ether oxygens (including phenoxy) is 2. The third-order valence-electron chi connectivity index (χ3n) is 4.51. The maximum absolute atomic E-state index is 6.15. The zero-order chi connectivity index (χ0) is 17.6. The number of rotatable bonds is 6. The quantitative estimate of drug-likeness (QED) is 0.775. The lowest BCUT2D eigenvalue weighted by Crippen LogP contribution is -2.46. The molecule has 1 fully saturated rings. The van der Waals surface area contributed by atoms with E-state index in [2.05, 4.69) is 21.9 Å². The number of piperazine rings is 1. The molecule has 0 aliphatic carbocycles. The number of hydrogen-bond acceptors (Lipinski definition) is 4. The van der Waals surface area contributed by atoms with Gasteiger partial charge >= 0.3 is 0 Å². The summed E-state index contributed by atoms with van der Waals surface area (Å²) in [6.45, 7) is 7.51. The van der Waals surface area contributed by atoms with Crippen molar-refractivity contribution in [2.75, 3.05) is 44.8 Å². The second-order valence-electron chi connectivity index (χ2n) is 6.12. The fourth-order valence-corrected chi connectivity index (χ4v) is 3.45. The predicted octanol–water partition coefficient (Wildman–Crippen LogP) is 4.07. The Morgan fingerprint density at radius 2 is 1.76 bits per heavy atom. The average molecular weight is 361 g/mol. The first-order chi connectivity index (χ1) is 12.2. The van der Waals surface area contributed by atoms with Gasteiger partial charge in [-0.25, -0.2) is 0 Å². The van der Waals surface area contributed by atoms with E-state index in [1.807, 2.05) is 37.3 Å². The number of nitrogens with zero attached hydrogens (tertiary/aromatic N) is 2. The van der Waals surface area contributed by atoms with Gasteiger partial charge in [-0.05, 0) is 37.3 Å². The van der Waals surface area contributed by atoms with Crippen LogP contribution in [0, 0.1) is 0 Å². The van der Waals surface area contributed by atoms with E-state index in [0.717, 1.165) is 54.8 Å². The minimum absolute atomic E-state index is 0.686. The molecule has 0 spiro atoms. The molecule has 0 radical (unpaired) electrons. The molecule has 1 saturated heterocycles. The van der Waals surface area contributed by atoms with Crippen molar-refractivity contribution >= 4 is 17.3 Å². The Balaban J connectivity index is 1.64. The summed E-state index contributed by atoms with van der Waals surface area (Å²) in [7, 11) is 1.70. The molecule has 0 bridgehead atoms. The van der Waals surface area contributed by atoms with Gasteiger partial charge in [0.2, 0.25) is 0 Å². The first kappa shape index (κ1) is 17.9. The van der Waals surface area contributed by atoms with Crippen LogP contribution in [0.2, 0.25) is 5.02 Å². The molecular formula is C20H25ClN2O2. The first-order valence-corrected chi connectivity index (χ1v) is 9.10. The maximum atomic E-state index is 6.15. The molecule has 134 valence electrons. The molecule has 1 heterocycles. The van der Waals surface area contributed by atoms with Gasteiger partial charge in [0.25, 0.3) is 0 Å². The molecule has 4 nitrogen and oxygen atoms in total. The van der Waals surface area contributed by atoms with Gasteiger partial charge in [0.1, 0.15) is 11.5 Å². The number of hydrogen-bond donors (Lipinski definition) is 0. The van der Waals surface area contributed by atoms with Crippen molar-refractivity contribution in [2.45, 2.75) is 13.5 Å². The molecule has 0 amide bonds. The van der Waals surface area contributed by atoms with Crippen LogP contribution in [0.3, 0.4) is 0 Å². The number of para-hydroxylation sites is 2. The molecule has 3 rings (SSSR count). The SMILES string of the molecule is CCOc1ccccc1N1CCN(Cc2cc(Cl)ccc2OC)CC1. The van der Waals surface area contributed by atoms with Crippen molar-refractivity contribution in [1.82, 2.24) is 4.90 Å². The standard InChI is InChI=1S/C20H25ClN2O2/c1-3-25-20-7-5-4-6-18(20)23-12-10-22(11-13-23)15-16-14-17(21)8-9-19(16)24-2/h4-9,14H,3,10-13,15H2,1-2H3. The van der Waals surface area contributed by atoms with Crippen LogP contribution >= 0.6 is 11.6 Å². The third-order valence-corrected chi connectivity index (χ3v) is 4.75. The lowest BCUT2D eigenvalue weighted by Gasteiger charge is -2.36. The van der Waals surface area contributed by atoms with E-state index < -0.39 is 0 Å². The summed E-state index contributed by atoms with van der Waals surface area (Å²) in [5.41, 5.74) is 2.32. The molecular weight excluding hydrogens is 336 g/mol. The van der Waals surface area contributed by atoms with Crippen LogP contribution in [-0.4, -0.2) is 44.8 Å². The van der Waals surface area contributed by atoms with Gasteiger partial charge in [-0.15, -0.1) is 0 Å². The third kappa shape index (κ3) is 4.39. The average Bonchev–Trinajstić information content (AvgIpc) is 2.63. The Hall–Kier alpha value is -1.91. The summed E-state index contributed by atoms with van der Waals surface area (Å²) in [6.07, 6.45) is 0. The van der Waals surface area contributed by atoms with E-state index in [4.69, 9.17) is 21.1 Å². The van der Waals surface area contributed by atoms with Gasteiger partial charge in [0.05, 0.1) is 19.4 Å². The monoisotopic (exact) mass is 360 g/mol. The van der Waals surface area contributed by atoms with Crippen LogP contribution < -0.4 is 14.4 Å². The van der Waals surface area contributed by atoms with Crippen molar-refractivity contribution in [3.05, 3.63) is 53.1 Å². The Bertz CT molecular complexity index is 700. The highest BCUT2D eigenvalue weighted by atomic mass is 35.5. The van der Waals surface area contributed by atoms with Gasteiger partial charge in [-0.1, -0.05) is 23.7 Å². The topological polar surface area (TPSA) is 24.9 Å². The normalized spacial score (nSPS) is 15.2. The fraction of sp³-hybridized carbons (Fsp3) is 0.400. The van der Waals surface area contributed by atoms with Gasteiger partial charge in [0.15, 0.2) is 0 Å². The summed E-state index contributed by atoms with van der Waals surface area (Å²) in [4.78, 5) is 4.84. The zero-order valence-electron chi connectivity index (χ0n) is 14.9. The molecule has 25 heavy (non-hydrogen) atoms. The van der Waals surface area contributed by atoms with Crippen LogP contribution in [0.15, 0.2) is 42.5 Å². The Morgan fingerprint density at radius 3 is 2.48 bits per heavy atom. The van der Waals surface area contributed by atoms with E-state index in [0.29, 0.717) is 6.61 Å². The summed E-state index contributed by atoms with van der Waals surface area (Å²) in [5.74, 6) is 1.86. The van der Waals surface area contributed by atoms with E-state index in [1.54, 1.807) is 7.11 Å². The number of anilines is 1. The highest BCUT2D eigenvalue weighted by molar-refractivity contribution is 6.30. The van der Waals surface area contributed by atoms with Crippen LogP contribution in [0.4, 0.5) is 5.69 Å². The van der Waals surface area contributed by atoms with Crippen LogP contribution in [0.5, 0.6) is 11.5 Å². The fourth-order valence-electron chi connectivity index (χ4n) is 3.25. The number of benzene rings is 2. The predicted molar refractivity (Wildman–Crippen MR) is 103 cm³/mol. The van der Waals surface area contributed by atoms with E-state index >= 15 is 0 Å². The molecule has 2 aromatic rings. The Labute approximate surface area is 154 Å². The zero-order valence-corrected chi connectivity index (χ0v) is 15.6. The van der Waals surface area contributed by atoms with Gasteiger partial charge in [-0.2, -0.15) is 0 Å². The van der Waals surface area contributed by atoms with Gasteiger partial charge < -0.3 is 14.4 Å². The maximum Gasteiger partial charge on any atom is 0.142 e. The smallest absolute Gasteiger partial charge is 0.142 e. The minimum atomic E-state index is 0.686. The molecule has 0 unspecified atom stereocenters. The van der Waals surface area contributed by atoms with E-state index in [-0.39, 0.29) is 0 Å². The Kier molecular flexibility index (Phi) is 6.05. The van der Waals surface area contributed by atoms with Crippen LogP contribution in [-0.2, 0) is 6.54 Å². The highest BCUT2D eigenvalue weighted by Crippen LogP contribution is 2.30. The van der Waals surface area contributed by atoms with E-state index in [9.17, 15) is 0 Å². The lowest BCUT2D eigenvalue weighted by molar-refractivity contribution is 0.245. The summed E-state index contributed by atoms with van der Waals surface area (Å²) < 4.78 is 11.2. The molecule has 0 saturated carbocycles. The van der Waals surface area contributed by atoms with Crippen LogP contribution in [0.25, 0.3) is 0 Å². The van der Waals surface area contributed by atoms with Crippen LogP contribution in [0.1, 0.15) is 12.5 Å². The van der Waals surface area contributed by atoms with Crippen molar-refractivity contribution in [1.29, 1.82) is 0 Å². The first-order valence-electron chi connectivity index (χ1n) is 8.72. The number of methoxy groups -OCH3 is 1. The van der Waals surface area contributed by atoms with Gasteiger partial charge in [-0.3, -0.25) is 4.90 Å². The molecule has 0 N–H and O–H groups in total. The van der Waals surface area contributed by atoms with Crippen molar-refractivity contribution in [3.8, 4) is 11.5 Å². The molecule has 1 aliphatic rings. The largest absolute Gasteiger partial charge is 0.496 e. The molecule has 2 aromatic carbocycles. The van der Waals surface area contributed by atoms with Crippen molar-refractivity contribution in [3.63, 3.8) is 0 Å². The van der Waals surface area contributed by atoms with Crippen molar-refractivity contribution < 1.29 is 9.47 Å². The lowest BCUT2D eigenvalue weighted by atomic mass is 10.1. The van der Waals surface area contributed by atoms with Crippen molar-refractivity contribution in [2.24, 2.45) is 0 Å². The Morgan fingerprint density at radius 1 is 1.00 bits per heavy atom. The molecule has 1 aliphatic heterocycles. The summed E-state index contributed by atoms with van der Waals surface area (Å²) >= 11 is 6.15. The van der Waals surface area contributed by atoms with E-state index in [1.165, 1.54) is 5.69 Å². The molecule has 0 aromatic heterocycles. The second kappa shape index (κ2) is 8.45.